The van der Waals surface area contributed by atoms with Crippen molar-refractivity contribution in [3.05, 3.63) is 42.9 Å². The molecule has 24 heavy (non-hydrogen) atoms. The van der Waals surface area contributed by atoms with Gasteiger partial charge in [-0.2, -0.15) is 11.8 Å². The molecule has 0 aliphatic rings. The van der Waals surface area contributed by atoms with E-state index >= 15 is 0 Å². The number of thiazole rings is 1. The Balaban J connectivity index is 2.44. The Bertz CT molecular complexity index is 744. The maximum absolute atomic E-state index is 12.7. The van der Waals surface area contributed by atoms with Gasteiger partial charge in [-0.15, -0.1) is 0 Å². The number of amides is 2. The van der Waals surface area contributed by atoms with E-state index in [1.165, 1.54) is 16.2 Å². The summed E-state index contributed by atoms with van der Waals surface area (Å²) in [5.41, 5.74) is 1.49. The predicted octanol–water partition coefficient (Wildman–Crippen LogP) is 3.56. The first-order chi connectivity index (χ1) is 11.5. The second kappa shape index (κ2) is 8.21. The number of pyridine rings is 1. The summed E-state index contributed by atoms with van der Waals surface area (Å²) in [6.45, 7) is 7.13. The SMILES string of the molecule is C=CC(=O)N(C(=O)C(C)CSC)c1sc(-c2cccnc2)nc1C. The predicted molar refractivity (Wildman–Crippen MR) is 100 cm³/mol. The smallest absolute Gasteiger partial charge is 0.257 e. The molecular weight excluding hydrogens is 342 g/mol. The van der Waals surface area contributed by atoms with Crippen molar-refractivity contribution in [2.24, 2.45) is 5.92 Å². The van der Waals surface area contributed by atoms with Crippen LogP contribution in [0, 0.1) is 12.8 Å². The maximum atomic E-state index is 12.7. The van der Waals surface area contributed by atoms with Crippen LogP contribution in [0.2, 0.25) is 0 Å². The zero-order valence-electron chi connectivity index (χ0n) is 13.9. The number of rotatable bonds is 6. The third kappa shape index (κ3) is 3.91. The van der Waals surface area contributed by atoms with Crippen LogP contribution < -0.4 is 4.90 Å². The topological polar surface area (TPSA) is 63.2 Å². The Morgan fingerprint density at radius 2 is 2.25 bits per heavy atom. The third-order valence-corrected chi connectivity index (χ3v) is 5.36. The molecule has 2 aromatic heterocycles. The van der Waals surface area contributed by atoms with E-state index in [-0.39, 0.29) is 11.8 Å². The molecule has 0 aromatic carbocycles. The van der Waals surface area contributed by atoms with E-state index in [2.05, 4.69) is 16.5 Å². The van der Waals surface area contributed by atoms with E-state index in [1.54, 1.807) is 31.1 Å². The highest BCUT2D eigenvalue weighted by molar-refractivity contribution is 7.98. The van der Waals surface area contributed by atoms with Crippen molar-refractivity contribution in [3.8, 4) is 10.6 Å². The highest BCUT2D eigenvalue weighted by atomic mass is 32.2. The lowest BCUT2D eigenvalue weighted by atomic mass is 10.2. The number of hydrogen-bond donors (Lipinski definition) is 0. The van der Waals surface area contributed by atoms with Crippen LogP contribution in [0.1, 0.15) is 12.6 Å². The second-order valence-electron chi connectivity index (χ2n) is 5.22. The van der Waals surface area contributed by atoms with Gasteiger partial charge in [0.05, 0.1) is 5.69 Å². The van der Waals surface area contributed by atoms with Crippen molar-refractivity contribution in [2.75, 3.05) is 16.9 Å². The van der Waals surface area contributed by atoms with E-state index in [0.29, 0.717) is 16.4 Å². The molecule has 126 valence electrons. The molecule has 1 atom stereocenters. The molecule has 0 aliphatic carbocycles. The van der Waals surface area contributed by atoms with Gasteiger partial charge in [0.1, 0.15) is 10.0 Å². The average molecular weight is 361 g/mol. The van der Waals surface area contributed by atoms with Crippen molar-refractivity contribution in [2.45, 2.75) is 13.8 Å². The standard InChI is InChI=1S/C17H19N3O2S2/c1-5-14(21)20(16(22)11(2)10-23-4)17-12(3)19-15(24-17)13-7-6-8-18-9-13/h5-9,11H,1,10H2,2-4H3. The van der Waals surface area contributed by atoms with Gasteiger partial charge in [0.2, 0.25) is 5.91 Å². The summed E-state index contributed by atoms with van der Waals surface area (Å²) in [5, 5.41) is 1.26. The van der Waals surface area contributed by atoms with E-state index in [1.807, 2.05) is 25.3 Å². The first kappa shape index (κ1) is 18.4. The highest BCUT2D eigenvalue weighted by Gasteiger charge is 2.29. The molecule has 0 saturated carbocycles. The van der Waals surface area contributed by atoms with Gasteiger partial charge in [0, 0.05) is 29.6 Å². The van der Waals surface area contributed by atoms with Gasteiger partial charge in [-0.05, 0) is 31.4 Å². The van der Waals surface area contributed by atoms with Gasteiger partial charge < -0.3 is 0 Å². The van der Waals surface area contributed by atoms with Crippen LogP contribution in [-0.2, 0) is 9.59 Å². The second-order valence-corrected chi connectivity index (χ2v) is 7.11. The maximum Gasteiger partial charge on any atom is 0.257 e. The summed E-state index contributed by atoms with van der Waals surface area (Å²) in [5.74, 6) is -0.295. The fraction of sp³-hybridized carbons (Fsp3) is 0.294. The minimum atomic E-state index is -0.433. The van der Waals surface area contributed by atoms with Crippen molar-refractivity contribution in [1.82, 2.24) is 9.97 Å². The fourth-order valence-electron chi connectivity index (χ4n) is 2.15. The number of imide groups is 1. The van der Waals surface area contributed by atoms with E-state index in [9.17, 15) is 9.59 Å². The number of aromatic nitrogens is 2. The number of aryl methyl sites for hydroxylation is 1. The number of carbonyl (C=O) groups excluding carboxylic acids is 2. The van der Waals surface area contributed by atoms with Gasteiger partial charge in [0.25, 0.3) is 5.91 Å². The summed E-state index contributed by atoms with van der Waals surface area (Å²) in [6, 6.07) is 3.72. The molecule has 1 unspecified atom stereocenters. The third-order valence-electron chi connectivity index (χ3n) is 3.34. The van der Waals surface area contributed by atoms with Crippen LogP contribution in [0.4, 0.5) is 5.00 Å². The van der Waals surface area contributed by atoms with Crippen LogP contribution in [0.5, 0.6) is 0 Å². The highest BCUT2D eigenvalue weighted by Crippen LogP contribution is 2.35. The molecule has 0 aliphatic heterocycles. The zero-order valence-corrected chi connectivity index (χ0v) is 15.5. The number of nitrogens with zero attached hydrogens (tertiary/aromatic N) is 3. The molecule has 0 N–H and O–H groups in total. The molecule has 0 radical (unpaired) electrons. The number of hydrogen-bond acceptors (Lipinski definition) is 6. The van der Waals surface area contributed by atoms with Gasteiger partial charge in [-0.25, -0.2) is 9.88 Å². The minimum absolute atomic E-state index is 0.237. The lowest BCUT2D eigenvalue weighted by Crippen LogP contribution is -2.40. The Morgan fingerprint density at radius 1 is 1.50 bits per heavy atom. The summed E-state index contributed by atoms with van der Waals surface area (Å²) in [7, 11) is 0. The lowest BCUT2D eigenvalue weighted by molar-refractivity contribution is -0.126. The fourth-order valence-corrected chi connectivity index (χ4v) is 3.86. The van der Waals surface area contributed by atoms with Crippen LogP contribution in [-0.4, -0.2) is 33.8 Å². The Kier molecular flexibility index (Phi) is 6.28. The molecule has 2 rings (SSSR count). The van der Waals surface area contributed by atoms with Crippen molar-refractivity contribution < 1.29 is 9.59 Å². The largest absolute Gasteiger partial charge is 0.274 e. The number of carbonyl (C=O) groups is 2. The molecule has 2 amide bonds. The summed E-state index contributed by atoms with van der Waals surface area (Å²) in [4.78, 5) is 34.8. The first-order valence-electron chi connectivity index (χ1n) is 7.36. The normalized spacial score (nSPS) is 11.8. The minimum Gasteiger partial charge on any atom is -0.274 e. The molecule has 0 saturated heterocycles. The quantitative estimate of drug-likeness (QED) is 0.736. The molecule has 0 spiro atoms. The summed E-state index contributed by atoms with van der Waals surface area (Å²) < 4.78 is 0. The first-order valence-corrected chi connectivity index (χ1v) is 9.57. The van der Waals surface area contributed by atoms with Crippen LogP contribution >= 0.6 is 23.1 Å². The van der Waals surface area contributed by atoms with E-state index in [4.69, 9.17) is 0 Å². The molecule has 2 aromatic rings. The van der Waals surface area contributed by atoms with Crippen LogP contribution in [0.25, 0.3) is 10.6 Å². The molecule has 0 bridgehead atoms. The van der Waals surface area contributed by atoms with Gasteiger partial charge >= 0.3 is 0 Å². The molecule has 0 fully saturated rings. The van der Waals surface area contributed by atoms with Gasteiger partial charge in [-0.3, -0.25) is 14.6 Å². The molecule has 5 nitrogen and oxygen atoms in total. The molecule has 7 heteroatoms. The van der Waals surface area contributed by atoms with E-state index in [0.717, 1.165) is 16.6 Å². The molecule has 2 heterocycles. The van der Waals surface area contributed by atoms with Crippen LogP contribution in [0.15, 0.2) is 37.2 Å². The number of thioether (sulfide) groups is 1. The summed E-state index contributed by atoms with van der Waals surface area (Å²) >= 11 is 2.88. The van der Waals surface area contributed by atoms with Crippen molar-refractivity contribution in [1.29, 1.82) is 0 Å². The van der Waals surface area contributed by atoms with E-state index < -0.39 is 5.91 Å². The lowest BCUT2D eigenvalue weighted by Gasteiger charge is -2.21. The monoisotopic (exact) mass is 361 g/mol. The van der Waals surface area contributed by atoms with Gasteiger partial charge in [0.15, 0.2) is 0 Å². The Hall–Kier alpha value is -1.99. The Labute approximate surface area is 149 Å². The van der Waals surface area contributed by atoms with Crippen LogP contribution in [0.3, 0.4) is 0 Å². The summed E-state index contributed by atoms with van der Waals surface area (Å²) in [6.07, 6.45) is 6.49. The van der Waals surface area contributed by atoms with Gasteiger partial charge in [-0.1, -0.05) is 24.8 Å². The van der Waals surface area contributed by atoms with Crippen molar-refractivity contribution in [3.63, 3.8) is 0 Å². The molecular formula is C17H19N3O2S2. The number of anilines is 1. The average Bonchev–Trinajstić information content (AvgIpc) is 2.97. The zero-order chi connectivity index (χ0) is 17.7. The Morgan fingerprint density at radius 3 is 2.83 bits per heavy atom. The van der Waals surface area contributed by atoms with Crippen molar-refractivity contribution >= 4 is 39.9 Å².